The van der Waals surface area contributed by atoms with E-state index in [0.29, 0.717) is 25.3 Å². The van der Waals surface area contributed by atoms with Gasteiger partial charge in [-0.25, -0.2) is 4.99 Å². The van der Waals surface area contributed by atoms with Crippen molar-refractivity contribution >= 4 is 11.9 Å². The summed E-state index contributed by atoms with van der Waals surface area (Å²) < 4.78 is 5.03. The van der Waals surface area contributed by atoms with Gasteiger partial charge in [0.05, 0.1) is 13.2 Å². The largest absolute Gasteiger partial charge is 0.383 e. The fourth-order valence-electron chi connectivity index (χ4n) is 2.01. The predicted molar refractivity (Wildman–Crippen MR) is 98.4 cm³/mol. The standard InChI is InChI=1S/C18H30N4O2/c1-6-19-17(20-10-11-24-5)21-13-14-8-7-9-15(12-14)16(23)22-18(2,3)4/h7-9,12H,6,10-11,13H2,1-5H3,(H,22,23)(H2,19,20,21). The van der Waals surface area contributed by atoms with Crippen LogP contribution < -0.4 is 16.0 Å². The number of benzene rings is 1. The molecule has 0 fully saturated rings. The number of aliphatic imine (C=N–C) groups is 1. The predicted octanol–water partition coefficient (Wildman–Crippen LogP) is 1.92. The van der Waals surface area contributed by atoms with E-state index in [9.17, 15) is 4.79 Å². The van der Waals surface area contributed by atoms with Gasteiger partial charge >= 0.3 is 0 Å². The van der Waals surface area contributed by atoms with Crippen LogP contribution in [0.5, 0.6) is 0 Å². The molecule has 0 saturated carbocycles. The number of rotatable bonds is 7. The number of carbonyl (C=O) groups excluding carboxylic acids is 1. The minimum atomic E-state index is -0.255. The van der Waals surface area contributed by atoms with Crippen molar-refractivity contribution < 1.29 is 9.53 Å². The highest BCUT2D eigenvalue weighted by Crippen LogP contribution is 2.09. The maximum absolute atomic E-state index is 12.2. The van der Waals surface area contributed by atoms with Crippen LogP contribution in [0, 0.1) is 0 Å². The molecule has 24 heavy (non-hydrogen) atoms. The Morgan fingerprint density at radius 2 is 2.00 bits per heavy atom. The fraction of sp³-hybridized carbons (Fsp3) is 0.556. The first-order chi connectivity index (χ1) is 11.4. The van der Waals surface area contributed by atoms with Gasteiger partial charge in [0.2, 0.25) is 0 Å². The monoisotopic (exact) mass is 334 g/mol. The highest BCUT2D eigenvalue weighted by Gasteiger charge is 2.15. The number of methoxy groups -OCH3 is 1. The van der Waals surface area contributed by atoms with E-state index < -0.39 is 0 Å². The Bertz CT molecular complexity index is 550. The van der Waals surface area contributed by atoms with Crippen LogP contribution in [0.4, 0.5) is 0 Å². The van der Waals surface area contributed by atoms with E-state index in [1.807, 2.05) is 52.0 Å². The van der Waals surface area contributed by atoms with Gasteiger partial charge < -0.3 is 20.7 Å². The number of hydrogen-bond acceptors (Lipinski definition) is 3. The molecule has 0 aromatic heterocycles. The van der Waals surface area contributed by atoms with E-state index in [-0.39, 0.29) is 11.4 Å². The Labute approximate surface area is 145 Å². The summed E-state index contributed by atoms with van der Waals surface area (Å²) in [6.07, 6.45) is 0. The van der Waals surface area contributed by atoms with Gasteiger partial charge in [0.15, 0.2) is 5.96 Å². The molecule has 0 saturated heterocycles. The Hall–Kier alpha value is -2.08. The molecule has 0 aliphatic carbocycles. The molecule has 1 amide bonds. The van der Waals surface area contributed by atoms with Crippen molar-refractivity contribution in [2.75, 3.05) is 26.8 Å². The van der Waals surface area contributed by atoms with Gasteiger partial charge in [-0.3, -0.25) is 4.79 Å². The first-order valence-corrected chi connectivity index (χ1v) is 8.28. The lowest BCUT2D eigenvalue weighted by molar-refractivity contribution is 0.0919. The summed E-state index contributed by atoms with van der Waals surface area (Å²) in [6.45, 7) is 10.5. The molecule has 6 nitrogen and oxygen atoms in total. The molecule has 0 heterocycles. The van der Waals surface area contributed by atoms with E-state index >= 15 is 0 Å². The molecule has 6 heteroatoms. The van der Waals surface area contributed by atoms with Gasteiger partial charge in [-0.2, -0.15) is 0 Å². The van der Waals surface area contributed by atoms with Crippen molar-refractivity contribution in [3.8, 4) is 0 Å². The molecule has 1 rings (SSSR count). The smallest absolute Gasteiger partial charge is 0.251 e. The van der Waals surface area contributed by atoms with Crippen molar-refractivity contribution in [1.82, 2.24) is 16.0 Å². The molecule has 1 aromatic rings. The second-order valence-electron chi connectivity index (χ2n) is 6.52. The van der Waals surface area contributed by atoms with Gasteiger partial charge in [-0.05, 0) is 45.4 Å². The zero-order valence-electron chi connectivity index (χ0n) is 15.4. The first kappa shape index (κ1) is 20.0. The van der Waals surface area contributed by atoms with Crippen molar-refractivity contribution in [2.24, 2.45) is 4.99 Å². The second kappa shape index (κ2) is 9.93. The minimum Gasteiger partial charge on any atom is -0.383 e. The van der Waals surface area contributed by atoms with Crippen LogP contribution in [-0.4, -0.2) is 44.2 Å². The first-order valence-electron chi connectivity index (χ1n) is 8.28. The Morgan fingerprint density at radius 1 is 1.25 bits per heavy atom. The van der Waals surface area contributed by atoms with Crippen LogP contribution >= 0.6 is 0 Å². The number of carbonyl (C=O) groups is 1. The quantitative estimate of drug-likeness (QED) is 0.405. The molecule has 0 radical (unpaired) electrons. The third kappa shape index (κ3) is 7.97. The lowest BCUT2D eigenvalue weighted by Gasteiger charge is -2.20. The molecule has 134 valence electrons. The lowest BCUT2D eigenvalue weighted by atomic mass is 10.1. The van der Waals surface area contributed by atoms with Crippen LogP contribution in [0.3, 0.4) is 0 Å². The molecule has 1 aromatic carbocycles. The highest BCUT2D eigenvalue weighted by molar-refractivity contribution is 5.94. The van der Waals surface area contributed by atoms with Gasteiger partial charge in [-0.1, -0.05) is 12.1 Å². The maximum Gasteiger partial charge on any atom is 0.251 e. The number of amides is 1. The second-order valence-corrected chi connectivity index (χ2v) is 6.52. The molecule has 0 aliphatic heterocycles. The normalized spacial score (nSPS) is 12.0. The van der Waals surface area contributed by atoms with Gasteiger partial charge in [0.1, 0.15) is 0 Å². The van der Waals surface area contributed by atoms with E-state index in [1.165, 1.54) is 0 Å². The summed E-state index contributed by atoms with van der Waals surface area (Å²) in [5, 5.41) is 9.35. The Balaban J connectivity index is 2.74. The molecule has 0 bridgehead atoms. The van der Waals surface area contributed by atoms with Gasteiger partial charge in [0, 0.05) is 31.3 Å². The number of guanidine groups is 1. The molecule has 0 atom stereocenters. The van der Waals surface area contributed by atoms with E-state index in [2.05, 4.69) is 20.9 Å². The number of nitrogens with zero attached hydrogens (tertiary/aromatic N) is 1. The fourth-order valence-corrected chi connectivity index (χ4v) is 2.01. The van der Waals surface area contributed by atoms with E-state index in [0.717, 1.165) is 18.1 Å². The summed E-state index contributed by atoms with van der Waals surface area (Å²) in [4.78, 5) is 16.8. The van der Waals surface area contributed by atoms with Crippen LogP contribution in [0.2, 0.25) is 0 Å². The van der Waals surface area contributed by atoms with Crippen LogP contribution in [0.25, 0.3) is 0 Å². The summed E-state index contributed by atoms with van der Waals surface area (Å²) in [6, 6.07) is 7.55. The minimum absolute atomic E-state index is 0.0709. The molecular formula is C18H30N4O2. The SMILES string of the molecule is CCNC(=NCc1cccc(C(=O)NC(C)(C)C)c1)NCCOC. The summed E-state index contributed by atoms with van der Waals surface area (Å²) in [5.41, 5.74) is 1.38. The van der Waals surface area contributed by atoms with E-state index in [4.69, 9.17) is 4.74 Å². The van der Waals surface area contributed by atoms with E-state index in [1.54, 1.807) is 7.11 Å². The molecular weight excluding hydrogens is 304 g/mol. The Kier molecular flexibility index (Phi) is 8.26. The van der Waals surface area contributed by atoms with Crippen LogP contribution in [0.15, 0.2) is 29.3 Å². The Morgan fingerprint density at radius 3 is 2.62 bits per heavy atom. The molecule has 0 unspecified atom stereocenters. The van der Waals surface area contributed by atoms with Crippen molar-refractivity contribution in [1.29, 1.82) is 0 Å². The molecule has 0 spiro atoms. The molecule has 3 N–H and O–H groups in total. The summed E-state index contributed by atoms with van der Waals surface area (Å²) >= 11 is 0. The topological polar surface area (TPSA) is 74.8 Å². The number of hydrogen-bond donors (Lipinski definition) is 3. The third-order valence-corrected chi connectivity index (χ3v) is 3.04. The zero-order valence-corrected chi connectivity index (χ0v) is 15.4. The molecule has 0 aliphatic rings. The third-order valence-electron chi connectivity index (χ3n) is 3.04. The average Bonchev–Trinajstić information content (AvgIpc) is 2.51. The van der Waals surface area contributed by atoms with Gasteiger partial charge in [-0.15, -0.1) is 0 Å². The van der Waals surface area contributed by atoms with Crippen LogP contribution in [0.1, 0.15) is 43.6 Å². The number of nitrogens with one attached hydrogen (secondary N) is 3. The van der Waals surface area contributed by atoms with Gasteiger partial charge in [0.25, 0.3) is 5.91 Å². The maximum atomic E-state index is 12.2. The number of ether oxygens (including phenoxy) is 1. The zero-order chi connectivity index (χ0) is 18.0. The average molecular weight is 334 g/mol. The highest BCUT2D eigenvalue weighted by atomic mass is 16.5. The van der Waals surface area contributed by atoms with Crippen molar-refractivity contribution in [3.05, 3.63) is 35.4 Å². The van der Waals surface area contributed by atoms with Crippen LogP contribution in [-0.2, 0) is 11.3 Å². The summed E-state index contributed by atoms with van der Waals surface area (Å²) in [7, 11) is 1.67. The van der Waals surface area contributed by atoms with Crippen molar-refractivity contribution in [3.63, 3.8) is 0 Å². The van der Waals surface area contributed by atoms with Crippen molar-refractivity contribution in [2.45, 2.75) is 39.8 Å². The lowest BCUT2D eigenvalue weighted by Crippen LogP contribution is -2.40. The summed E-state index contributed by atoms with van der Waals surface area (Å²) in [5.74, 6) is 0.664.